The molecule has 3 rings (SSSR count). The molecule has 0 aliphatic carbocycles. The molecular weight excluding hydrogens is 390 g/mol. The maximum Gasteiger partial charge on any atom is 0.321 e. The molecule has 2 atom stereocenters. The zero-order valence-electron chi connectivity index (χ0n) is 17.9. The maximum absolute atomic E-state index is 13.0. The monoisotopic (exact) mass is 419 g/mol. The lowest BCUT2D eigenvalue weighted by Crippen LogP contribution is -2.53. The summed E-state index contributed by atoms with van der Waals surface area (Å²) in [5.74, 6) is -0.388. The van der Waals surface area contributed by atoms with Gasteiger partial charge in [0.1, 0.15) is 6.04 Å². The van der Waals surface area contributed by atoms with Crippen molar-refractivity contribution in [2.45, 2.75) is 32.2 Å². The first kappa shape index (κ1) is 21.7. The molecule has 9 nitrogen and oxygen atoms in total. The third-order valence-electron chi connectivity index (χ3n) is 5.32. The largest absolute Gasteiger partial charge is 0.493 e. The minimum Gasteiger partial charge on any atom is -0.493 e. The van der Waals surface area contributed by atoms with Crippen LogP contribution in [0.15, 0.2) is 17.1 Å². The molecule has 2 heterocycles. The summed E-state index contributed by atoms with van der Waals surface area (Å²) in [4.78, 5) is 32.5. The molecule has 9 heteroatoms. The maximum atomic E-state index is 13.0. The molecule has 0 bridgehead atoms. The molecule has 2 aliphatic rings. The quantitative estimate of drug-likeness (QED) is 0.555. The van der Waals surface area contributed by atoms with Gasteiger partial charge in [-0.1, -0.05) is 0 Å². The molecule has 1 saturated heterocycles. The predicted molar refractivity (Wildman–Crippen MR) is 110 cm³/mol. The average Bonchev–Trinajstić information content (AvgIpc) is 2.78. The van der Waals surface area contributed by atoms with Crippen LogP contribution in [0.5, 0.6) is 17.2 Å². The van der Waals surface area contributed by atoms with Gasteiger partial charge < -0.3 is 23.8 Å². The number of methoxy groups -OCH3 is 3. The van der Waals surface area contributed by atoms with Crippen LogP contribution in [0.3, 0.4) is 0 Å². The van der Waals surface area contributed by atoms with E-state index >= 15 is 0 Å². The van der Waals surface area contributed by atoms with Crippen molar-refractivity contribution in [2.75, 3.05) is 41.0 Å². The molecule has 1 fully saturated rings. The third-order valence-corrected chi connectivity index (χ3v) is 5.32. The number of hydrogen-bond donors (Lipinski definition) is 1. The average molecular weight is 419 g/mol. The summed E-state index contributed by atoms with van der Waals surface area (Å²) < 4.78 is 21.4. The summed E-state index contributed by atoms with van der Waals surface area (Å²) in [6, 6.07) is 2.66. The van der Waals surface area contributed by atoms with Crippen LogP contribution in [-0.4, -0.2) is 63.8 Å². The van der Waals surface area contributed by atoms with E-state index in [0.29, 0.717) is 28.8 Å². The summed E-state index contributed by atoms with van der Waals surface area (Å²) in [7, 11) is 4.54. The van der Waals surface area contributed by atoms with Crippen molar-refractivity contribution in [3.05, 3.63) is 17.7 Å². The third kappa shape index (κ3) is 4.29. The van der Waals surface area contributed by atoms with E-state index in [-0.39, 0.29) is 6.61 Å². The number of benzene rings is 1. The Hall–Kier alpha value is -2.97. The zero-order valence-corrected chi connectivity index (χ0v) is 17.9. The van der Waals surface area contributed by atoms with E-state index in [1.165, 1.54) is 21.3 Å². The molecule has 0 spiro atoms. The summed E-state index contributed by atoms with van der Waals surface area (Å²) in [5, 5.41) is 2.80. The van der Waals surface area contributed by atoms with Gasteiger partial charge in [-0.25, -0.2) is 4.99 Å². The summed E-state index contributed by atoms with van der Waals surface area (Å²) in [6.45, 7) is 3.50. The highest BCUT2D eigenvalue weighted by atomic mass is 16.5. The van der Waals surface area contributed by atoms with E-state index in [9.17, 15) is 9.59 Å². The van der Waals surface area contributed by atoms with E-state index < -0.39 is 23.8 Å². The minimum atomic E-state index is -1.11. The summed E-state index contributed by atoms with van der Waals surface area (Å²) in [6.07, 6.45) is 3.22. The minimum absolute atomic E-state index is 0.174. The number of nitrogens with zero attached hydrogens (tertiary/aromatic N) is 2. The molecule has 0 aromatic heterocycles. The fourth-order valence-corrected chi connectivity index (χ4v) is 3.84. The van der Waals surface area contributed by atoms with Gasteiger partial charge >= 0.3 is 5.97 Å². The Morgan fingerprint density at radius 2 is 1.73 bits per heavy atom. The van der Waals surface area contributed by atoms with Crippen LogP contribution in [-0.2, 0) is 14.3 Å². The standard InChI is InChI=1S/C21H29N3O6/c1-5-30-20(26)16-17(13-11-14(27-2)18(29-4)15(12-13)28-3)22-21(23-19(16)25)24-9-7-6-8-10-24/h11-12,16-17H,5-10H2,1-4H3,(H,22,23,25)/t16-,17+/m1/s1. The van der Waals surface area contributed by atoms with Crippen molar-refractivity contribution >= 4 is 17.8 Å². The van der Waals surface area contributed by atoms with Crippen molar-refractivity contribution in [1.82, 2.24) is 10.2 Å². The molecule has 164 valence electrons. The zero-order chi connectivity index (χ0) is 21.7. The number of carbonyl (C=O) groups excluding carboxylic acids is 2. The molecule has 1 amide bonds. The molecular formula is C21H29N3O6. The Morgan fingerprint density at radius 1 is 1.10 bits per heavy atom. The second-order valence-corrected chi connectivity index (χ2v) is 7.12. The number of carbonyl (C=O) groups is 2. The summed E-state index contributed by atoms with van der Waals surface area (Å²) in [5.41, 5.74) is 0.604. The predicted octanol–water partition coefficient (Wildman–Crippen LogP) is 1.90. The van der Waals surface area contributed by atoms with Gasteiger partial charge in [0.05, 0.1) is 27.9 Å². The SMILES string of the molecule is CCOC(=O)[C@H]1C(=O)NC(N2CCCCC2)=N[C@H]1c1cc(OC)c(OC)c(OC)c1. The van der Waals surface area contributed by atoms with Crippen molar-refractivity contribution < 1.29 is 28.5 Å². The number of piperidine rings is 1. The van der Waals surface area contributed by atoms with Gasteiger partial charge in [-0.3, -0.25) is 14.9 Å². The highest BCUT2D eigenvalue weighted by Crippen LogP contribution is 2.42. The fourth-order valence-electron chi connectivity index (χ4n) is 3.84. The van der Waals surface area contributed by atoms with E-state index in [4.69, 9.17) is 23.9 Å². The van der Waals surface area contributed by atoms with Crippen molar-refractivity contribution in [3.8, 4) is 17.2 Å². The normalized spacial score (nSPS) is 21.4. The summed E-state index contributed by atoms with van der Waals surface area (Å²) >= 11 is 0. The Morgan fingerprint density at radius 3 is 2.27 bits per heavy atom. The van der Waals surface area contributed by atoms with Crippen LogP contribution in [0.2, 0.25) is 0 Å². The first-order valence-corrected chi connectivity index (χ1v) is 10.1. The number of likely N-dealkylation sites (tertiary alicyclic amines) is 1. The fraction of sp³-hybridized carbons (Fsp3) is 0.571. The van der Waals surface area contributed by atoms with Gasteiger partial charge in [-0.15, -0.1) is 0 Å². The Balaban J connectivity index is 2.09. The van der Waals surface area contributed by atoms with Crippen LogP contribution >= 0.6 is 0 Å². The van der Waals surface area contributed by atoms with Crippen LogP contribution in [0.1, 0.15) is 37.8 Å². The number of amides is 1. The van der Waals surface area contributed by atoms with Crippen molar-refractivity contribution in [2.24, 2.45) is 10.9 Å². The second kappa shape index (κ2) is 9.69. The number of guanidine groups is 1. The van der Waals surface area contributed by atoms with E-state index in [1.807, 2.05) is 4.90 Å². The van der Waals surface area contributed by atoms with Gasteiger partial charge in [0.15, 0.2) is 17.4 Å². The number of ether oxygens (including phenoxy) is 4. The first-order valence-electron chi connectivity index (χ1n) is 10.1. The number of esters is 1. The van der Waals surface area contributed by atoms with Crippen LogP contribution in [0.25, 0.3) is 0 Å². The molecule has 30 heavy (non-hydrogen) atoms. The number of nitrogens with one attached hydrogen (secondary N) is 1. The van der Waals surface area contributed by atoms with Crippen molar-refractivity contribution in [3.63, 3.8) is 0 Å². The Labute approximate surface area is 176 Å². The highest BCUT2D eigenvalue weighted by Gasteiger charge is 2.42. The molecule has 1 N–H and O–H groups in total. The van der Waals surface area contributed by atoms with Crippen molar-refractivity contribution in [1.29, 1.82) is 0 Å². The molecule has 1 aromatic rings. The van der Waals surface area contributed by atoms with Crippen LogP contribution in [0.4, 0.5) is 0 Å². The van der Waals surface area contributed by atoms with Gasteiger partial charge in [0.2, 0.25) is 17.6 Å². The highest BCUT2D eigenvalue weighted by molar-refractivity contribution is 6.08. The lowest BCUT2D eigenvalue weighted by Gasteiger charge is -2.35. The van der Waals surface area contributed by atoms with Gasteiger partial charge in [0.25, 0.3) is 0 Å². The molecule has 0 radical (unpaired) electrons. The van der Waals surface area contributed by atoms with Crippen LogP contribution in [0, 0.1) is 5.92 Å². The molecule has 0 saturated carbocycles. The molecule has 0 unspecified atom stereocenters. The van der Waals surface area contributed by atoms with Gasteiger partial charge in [0, 0.05) is 13.1 Å². The number of rotatable bonds is 6. The Kier molecular flexibility index (Phi) is 7.02. The lowest BCUT2D eigenvalue weighted by atomic mass is 9.90. The van der Waals surface area contributed by atoms with Gasteiger partial charge in [-0.05, 0) is 43.9 Å². The van der Waals surface area contributed by atoms with Gasteiger partial charge in [-0.2, -0.15) is 0 Å². The van der Waals surface area contributed by atoms with Crippen LogP contribution < -0.4 is 19.5 Å². The molecule has 1 aromatic carbocycles. The van der Waals surface area contributed by atoms with E-state index in [1.54, 1.807) is 19.1 Å². The lowest BCUT2D eigenvalue weighted by molar-refractivity contribution is -0.153. The topological polar surface area (TPSA) is 98.7 Å². The first-order chi connectivity index (χ1) is 14.5. The number of hydrogen-bond acceptors (Lipinski definition) is 8. The van der Waals surface area contributed by atoms with E-state index in [2.05, 4.69) is 5.32 Å². The Bertz CT molecular complexity index is 794. The smallest absolute Gasteiger partial charge is 0.321 e. The number of aliphatic imine (C=N–C) groups is 1. The molecule has 2 aliphatic heterocycles. The van der Waals surface area contributed by atoms with E-state index in [0.717, 1.165) is 32.4 Å². The second-order valence-electron chi connectivity index (χ2n) is 7.12.